The number of carbonyl (C=O) groups excluding carboxylic acids is 1. The zero-order chi connectivity index (χ0) is 12.1. The van der Waals surface area contributed by atoms with Crippen LogP contribution >= 0.6 is 0 Å². The van der Waals surface area contributed by atoms with Crippen molar-refractivity contribution in [1.29, 1.82) is 0 Å². The van der Waals surface area contributed by atoms with Crippen LogP contribution in [0.4, 0.5) is 8.78 Å². The number of methoxy groups -OCH3 is 1. The van der Waals surface area contributed by atoms with Crippen molar-refractivity contribution < 1.29 is 18.3 Å². The van der Waals surface area contributed by atoms with Crippen molar-refractivity contribution in [3.63, 3.8) is 0 Å². The van der Waals surface area contributed by atoms with Gasteiger partial charge in [0, 0.05) is 12.7 Å². The molecule has 0 amide bonds. The van der Waals surface area contributed by atoms with Gasteiger partial charge in [0.25, 0.3) is 6.43 Å². The first-order valence-corrected chi connectivity index (χ1v) is 4.61. The van der Waals surface area contributed by atoms with E-state index < -0.39 is 12.4 Å². The van der Waals surface area contributed by atoms with E-state index >= 15 is 0 Å². The molecular weight excluding hydrogens is 218 g/mol. The van der Waals surface area contributed by atoms with Gasteiger partial charge in [-0.05, 0) is 17.2 Å². The molecule has 0 radical (unpaired) electrons. The van der Waals surface area contributed by atoms with Crippen LogP contribution in [-0.4, -0.2) is 18.1 Å². The summed E-state index contributed by atoms with van der Waals surface area (Å²) in [4.78, 5) is 14.6. The molecule has 0 aliphatic carbocycles. The second kappa shape index (κ2) is 5.50. The lowest BCUT2D eigenvalue weighted by molar-refractivity contribution is -0.139. The van der Waals surface area contributed by atoms with Gasteiger partial charge >= 0.3 is 5.97 Å². The molecule has 0 fully saturated rings. The number of nitrogens with zero attached hydrogens (tertiary/aromatic N) is 1. The lowest BCUT2D eigenvalue weighted by Gasteiger charge is -2.08. The Bertz CT molecular complexity index is 383. The number of hydrogen-bond donors (Lipinski definition) is 1. The Balaban J connectivity index is 2.97. The van der Waals surface area contributed by atoms with Crippen molar-refractivity contribution in [2.75, 3.05) is 7.11 Å². The highest BCUT2D eigenvalue weighted by Crippen LogP contribution is 2.19. The first-order chi connectivity index (χ1) is 7.58. The highest BCUT2D eigenvalue weighted by Gasteiger charge is 2.13. The van der Waals surface area contributed by atoms with Crippen molar-refractivity contribution in [2.24, 2.45) is 5.73 Å². The molecule has 1 rings (SSSR count). The number of aromatic nitrogens is 1. The number of carbonyl (C=O) groups is 1. The van der Waals surface area contributed by atoms with Crippen LogP contribution in [0.3, 0.4) is 0 Å². The first kappa shape index (κ1) is 12.5. The van der Waals surface area contributed by atoms with E-state index in [4.69, 9.17) is 5.73 Å². The summed E-state index contributed by atoms with van der Waals surface area (Å²) in [5.41, 5.74) is 6.07. The summed E-state index contributed by atoms with van der Waals surface area (Å²) in [6, 6.07) is 1.21. The van der Waals surface area contributed by atoms with Gasteiger partial charge in [-0.2, -0.15) is 0 Å². The summed E-state index contributed by atoms with van der Waals surface area (Å²) in [6.07, 6.45) is -1.42. The molecule has 88 valence electrons. The number of rotatable bonds is 4. The van der Waals surface area contributed by atoms with Gasteiger partial charge in [0.1, 0.15) is 5.69 Å². The number of ether oxygens (including phenoxy) is 1. The maximum Gasteiger partial charge on any atom is 0.310 e. The van der Waals surface area contributed by atoms with E-state index in [-0.39, 0.29) is 18.7 Å². The van der Waals surface area contributed by atoms with Gasteiger partial charge in [-0.25, -0.2) is 8.78 Å². The minimum absolute atomic E-state index is 0.0143. The minimum Gasteiger partial charge on any atom is -0.469 e. The molecule has 0 aliphatic heterocycles. The Morgan fingerprint density at radius 2 is 2.25 bits per heavy atom. The van der Waals surface area contributed by atoms with Crippen molar-refractivity contribution in [3.8, 4) is 0 Å². The summed E-state index contributed by atoms with van der Waals surface area (Å²) in [7, 11) is 1.26. The maximum absolute atomic E-state index is 12.3. The standard InChI is InChI=1S/C10H12F2N2O2/c1-16-9(15)3-7-5-14-8(10(11)12)2-6(7)4-13/h2,5,10H,3-4,13H2,1H3. The molecule has 0 spiro atoms. The van der Waals surface area contributed by atoms with Crippen LogP contribution in [0.5, 0.6) is 0 Å². The van der Waals surface area contributed by atoms with Gasteiger partial charge in [0.15, 0.2) is 0 Å². The van der Waals surface area contributed by atoms with E-state index in [1.807, 2.05) is 0 Å². The van der Waals surface area contributed by atoms with Gasteiger partial charge in [-0.1, -0.05) is 0 Å². The molecule has 0 saturated heterocycles. The number of alkyl halides is 2. The molecule has 0 unspecified atom stereocenters. The summed E-state index contributed by atoms with van der Waals surface area (Å²) >= 11 is 0. The van der Waals surface area contributed by atoms with Crippen LogP contribution in [-0.2, 0) is 22.5 Å². The topological polar surface area (TPSA) is 65.2 Å². The van der Waals surface area contributed by atoms with E-state index in [0.29, 0.717) is 11.1 Å². The molecule has 16 heavy (non-hydrogen) atoms. The second-order valence-electron chi connectivity index (χ2n) is 3.14. The summed E-state index contributed by atoms with van der Waals surface area (Å²) in [6.45, 7) is 0.0779. The fraction of sp³-hybridized carbons (Fsp3) is 0.400. The molecule has 0 atom stereocenters. The second-order valence-corrected chi connectivity index (χ2v) is 3.14. The molecule has 2 N–H and O–H groups in total. The fourth-order valence-electron chi connectivity index (χ4n) is 1.24. The molecule has 1 heterocycles. The molecule has 1 aromatic heterocycles. The fourth-order valence-corrected chi connectivity index (χ4v) is 1.24. The zero-order valence-electron chi connectivity index (χ0n) is 8.74. The Morgan fingerprint density at radius 1 is 1.56 bits per heavy atom. The number of nitrogens with two attached hydrogens (primary N) is 1. The molecule has 4 nitrogen and oxygen atoms in total. The van der Waals surface area contributed by atoms with E-state index in [0.717, 1.165) is 0 Å². The first-order valence-electron chi connectivity index (χ1n) is 4.61. The monoisotopic (exact) mass is 230 g/mol. The van der Waals surface area contributed by atoms with Crippen molar-refractivity contribution in [2.45, 2.75) is 19.4 Å². The minimum atomic E-state index is -2.64. The highest BCUT2D eigenvalue weighted by molar-refractivity contribution is 5.72. The number of hydrogen-bond acceptors (Lipinski definition) is 4. The van der Waals surface area contributed by atoms with E-state index in [2.05, 4.69) is 9.72 Å². The molecule has 0 bridgehead atoms. The Morgan fingerprint density at radius 3 is 2.75 bits per heavy atom. The van der Waals surface area contributed by atoms with Gasteiger partial charge in [-0.3, -0.25) is 9.78 Å². The van der Waals surface area contributed by atoms with Crippen LogP contribution in [0.25, 0.3) is 0 Å². The number of esters is 1. The summed E-state index contributed by atoms with van der Waals surface area (Å²) < 4.78 is 29.2. The van der Waals surface area contributed by atoms with Gasteiger partial charge in [0.2, 0.25) is 0 Å². The quantitative estimate of drug-likeness (QED) is 0.789. The molecule has 0 saturated carbocycles. The number of halogens is 2. The van der Waals surface area contributed by atoms with E-state index in [1.165, 1.54) is 19.4 Å². The predicted molar refractivity (Wildman–Crippen MR) is 52.8 cm³/mol. The van der Waals surface area contributed by atoms with Gasteiger partial charge in [-0.15, -0.1) is 0 Å². The zero-order valence-corrected chi connectivity index (χ0v) is 8.74. The molecule has 0 aliphatic rings. The van der Waals surface area contributed by atoms with Crippen LogP contribution in [0.1, 0.15) is 23.2 Å². The van der Waals surface area contributed by atoms with E-state index in [1.54, 1.807) is 0 Å². The third-order valence-corrected chi connectivity index (χ3v) is 2.11. The molecule has 0 aromatic carbocycles. The number of pyridine rings is 1. The van der Waals surface area contributed by atoms with Crippen molar-refractivity contribution in [3.05, 3.63) is 29.1 Å². The van der Waals surface area contributed by atoms with Crippen molar-refractivity contribution >= 4 is 5.97 Å². The van der Waals surface area contributed by atoms with Gasteiger partial charge in [0.05, 0.1) is 13.5 Å². The molecule has 1 aromatic rings. The Hall–Kier alpha value is -1.56. The molecule has 6 heteroatoms. The predicted octanol–water partition coefficient (Wildman–Crippen LogP) is 1.19. The SMILES string of the molecule is COC(=O)Cc1cnc(C(F)F)cc1CN. The van der Waals surface area contributed by atoms with Crippen LogP contribution in [0, 0.1) is 0 Å². The van der Waals surface area contributed by atoms with E-state index in [9.17, 15) is 13.6 Å². The summed E-state index contributed by atoms with van der Waals surface area (Å²) in [5, 5.41) is 0. The molecular formula is C10H12F2N2O2. The average Bonchev–Trinajstić information content (AvgIpc) is 2.29. The van der Waals surface area contributed by atoms with Crippen LogP contribution in [0.2, 0.25) is 0 Å². The largest absolute Gasteiger partial charge is 0.469 e. The third-order valence-electron chi connectivity index (χ3n) is 2.11. The lowest BCUT2D eigenvalue weighted by Crippen LogP contribution is -2.10. The smallest absolute Gasteiger partial charge is 0.310 e. The van der Waals surface area contributed by atoms with Gasteiger partial charge < -0.3 is 10.5 Å². The average molecular weight is 230 g/mol. The highest BCUT2D eigenvalue weighted by atomic mass is 19.3. The third kappa shape index (κ3) is 2.96. The lowest BCUT2D eigenvalue weighted by atomic mass is 10.1. The Kier molecular flexibility index (Phi) is 4.30. The normalized spacial score (nSPS) is 10.6. The van der Waals surface area contributed by atoms with Crippen LogP contribution < -0.4 is 5.73 Å². The summed E-state index contributed by atoms with van der Waals surface area (Å²) in [5.74, 6) is -0.457. The Labute approximate surface area is 91.4 Å². The maximum atomic E-state index is 12.3. The van der Waals surface area contributed by atoms with Crippen LogP contribution in [0.15, 0.2) is 12.3 Å². The van der Waals surface area contributed by atoms with Crippen molar-refractivity contribution in [1.82, 2.24) is 4.98 Å².